The van der Waals surface area contributed by atoms with Gasteiger partial charge in [-0.15, -0.1) is 0 Å². The van der Waals surface area contributed by atoms with Gasteiger partial charge in [0.25, 0.3) is 0 Å². The first-order valence-electron chi connectivity index (χ1n) is 16.0. The molecule has 0 amide bonds. The molecule has 5 N–H and O–H groups in total. The Hall–Kier alpha value is -1.22. The molecule has 8 nitrogen and oxygen atoms in total. The number of unbranched alkanes of at least 4 members (excludes halogenated alkanes) is 2. The molecule has 0 spiro atoms. The Balaban J connectivity index is 1.63. The molecule has 226 valence electrons. The van der Waals surface area contributed by atoms with Crippen LogP contribution in [0.25, 0.3) is 0 Å². The Labute approximate surface area is 236 Å². The summed E-state index contributed by atoms with van der Waals surface area (Å²) in [5.41, 5.74) is 6.24. The molecule has 8 atom stereocenters. The van der Waals surface area contributed by atoms with Crippen molar-refractivity contribution < 1.29 is 34.2 Å². The van der Waals surface area contributed by atoms with Gasteiger partial charge in [0, 0.05) is 26.7 Å². The highest BCUT2D eigenvalue weighted by Crippen LogP contribution is 2.40. The third kappa shape index (κ3) is 11.7. The Morgan fingerprint density at radius 3 is 2.28 bits per heavy atom. The third-order valence-electron chi connectivity index (χ3n) is 9.24. The Kier molecular flexibility index (Phi) is 14.0. The fraction of sp³-hybridized carbons (Fsp3) is 0.935. The molecule has 3 fully saturated rings. The molecular formula is C31H57N2O6+. The summed E-state index contributed by atoms with van der Waals surface area (Å²) in [4.78, 5) is 23.7. The SMILES string of the molecule is CCCCCC(CC(CCC1CC(CC2CC[NH2+]C(N)C2)C(O)C(OC2CCCC2)C1)OC(C)=O)OC(C)=O. The lowest BCUT2D eigenvalue weighted by atomic mass is 9.71. The van der Waals surface area contributed by atoms with E-state index in [4.69, 9.17) is 19.9 Å². The maximum atomic E-state index is 12.0. The molecule has 1 saturated heterocycles. The number of aliphatic hydroxyl groups is 1. The van der Waals surface area contributed by atoms with Crippen LogP contribution < -0.4 is 11.1 Å². The quantitative estimate of drug-likeness (QED) is 0.207. The number of hydrogen-bond donors (Lipinski definition) is 3. The molecule has 3 aliphatic rings. The average molecular weight is 554 g/mol. The van der Waals surface area contributed by atoms with Crippen molar-refractivity contribution in [1.29, 1.82) is 0 Å². The molecule has 1 heterocycles. The Morgan fingerprint density at radius 2 is 1.64 bits per heavy atom. The predicted molar refractivity (Wildman–Crippen MR) is 151 cm³/mol. The van der Waals surface area contributed by atoms with Crippen LogP contribution in [-0.2, 0) is 23.8 Å². The average Bonchev–Trinajstić information content (AvgIpc) is 3.38. The molecule has 3 rings (SSSR count). The minimum Gasteiger partial charge on any atom is -0.462 e. The highest BCUT2D eigenvalue weighted by molar-refractivity contribution is 5.66. The molecule has 8 heteroatoms. The van der Waals surface area contributed by atoms with Crippen LogP contribution >= 0.6 is 0 Å². The van der Waals surface area contributed by atoms with Gasteiger partial charge in [0.1, 0.15) is 18.4 Å². The van der Waals surface area contributed by atoms with Crippen molar-refractivity contribution in [3.8, 4) is 0 Å². The van der Waals surface area contributed by atoms with E-state index < -0.39 is 6.10 Å². The van der Waals surface area contributed by atoms with Crippen molar-refractivity contribution in [3.05, 3.63) is 0 Å². The van der Waals surface area contributed by atoms with E-state index in [1.807, 2.05) is 0 Å². The monoisotopic (exact) mass is 553 g/mol. The molecule has 2 aliphatic carbocycles. The van der Waals surface area contributed by atoms with Gasteiger partial charge in [0.15, 0.2) is 0 Å². The van der Waals surface area contributed by atoms with Gasteiger partial charge in [-0.25, -0.2) is 0 Å². The van der Waals surface area contributed by atoms with Crippen molar-refractivity contribution in [2.45, 2.75) is 160 Å². The summed E-state index contributed by atoms with van der Waals surface area (Å²) in [6, 6.07) is 0. The van der Waals surface area contributed by atoms with Crippen molar-refractivity contribution in [2.75, 3.05) is 6.54 Å². The maximum Gasteiger partial charge on any atom is 0.302 e. The molecule has 8 unspecified atom stereocenters. The standard InChI is InChI=1S/C31H56N2O6/c1-4-5-6-11-27(37-21(2)34)20-28(38-22(3)35)13-12-23-16-25(17-24-14-15-33-30(32)19-24)31(36)29(18-23)39-26-9-7-8-10-26/h23-31,33,36H,4-20,32H2,1-3H3/p+1. The molecule has 39 heavy (non-hydrogen) atoms. The van der Waals surface area contributed by atoms with E-state index in [0.29, 0.717) is 18.3 Å². The van der Waals surface area contributed by atoms with E-state index >= 15 is 0 Å². The first-order valence-corrected chi connectivity index (χ1v) is 16.0. The van der Waals surface area contributed by atoms with Gasteiger partial charge in [-0.3, -0.25) is 15.3 Å². The second kappa shape index (κ2) is 16.9. The van der Waals surface area contributed by atoms with E-state index in [1.165, 1.54) is 26.7 Å². The zero-order valence-corrected chi connectivity index (χ0v) is 24.9. The summed E-state index contributed by atoms with van der Waals surface area (Å²) in [6.45, 7) is 6.12. The van der Waals surface area contributed by atoms with Crippen molar-refractivity contribution in [3.63, 3.8) is 0 Å². The molecule has 0 aromatic carbocycles. The van der Waals surface area contributed by atoms with E-state index in [0.717, 1.165) is 90.0 Å². The zero-order chi connectivity index (χ0) is 28.2. The first-order chi connectivity index (χ1) is 18.7. The number of carbonyl (C=O) groups is 2. The van der Waals surface area contributed by atoms with Crippen LogP contribution in [0.1, 0.15) is 124 Å². The van der Waals surface area contributed by atoms with Gasteiger partial charge < -0.3 is 24.6 Å². The van der Waals surface area contributed by atoms with Crippen LogP contribution in [0.4, 0.5) is 0 Å². The van der Waals surface area contributed by atoms with Crippen LogP contribution in [0.2, 0.25) is 0 Å². The lowest BCUT2D eigenvalue weighted by molar-refractivity contribution is -0.699. The van der Waals surface area contributed by atoms with E-state index in [1.54, 1.807) is 0 Å². The predicted octanol–water partition coefficient (Wildman–Crippen LogP) is 3.96. The summed E-state index contributed by atoms with van der Waals surface area (Å²) >= 11 is 0. The van der Waals surface area contributed by atoms with Crippen LogP contribution in [0, 0.1) is 17.8 Å². The van der Waals surface area contributed by atoms with Gasteiger partial charge in [-0.2, -0.15) is 0 Å². The molecule has 0 bridgehead atoms. The van der Waals surface area contributed by atoms with Crippen LogP contribution in [0.15, 0.2) is 0 Å². The number of aliphatic hydroxyl groups excluding tert-OH is 1. The fourth-order valence-electron chi connectivity index (χ4n) is 7.36. The van der Waals surface area contributed by atoms with Crippen molar-refractivity contribution >= 4 is 11.9 Å². The minimum atomic E-state index is -0.430. The van der Waals surface area contributed by atoms with E-state index in [-0.39, 0.29) is 48.4 Å². The number of hydrogen-bond acceptors (Lipinski definition) is 7. The summed E-state index contributed by atoms with van der Waals surface area (Å²) < 4.78 is 17.9. The van der Waals surface area contributed by atoms with Crippen LogP contribution in [0.3, 0.4) is 0 Å². The number of piperidine rings is 1. The van der Waals surface area contributed by atoms with Gasteiger partial charge >= 0.3 is 11.9 Å². The number of quaternary nitrogens is 1. The molecule has 0 aromatic heterocycles. The Morgan fingerprint density at radius 1 is 0.949 bits per heavy atom. The van der Waals surface area contributed by atoms with E-state index in [9.17, 15) is 14.7 Å². The van der Waals surface area contributed by atoms with Crippen LogP contribution in [-0.4, -0.2) is 60.3 Å². The molecule has 0 radical (unpaired) electrons. The number of rotatable bonds is 15. The second-order valence-electron chi connectivity index (χ2n) is 12.8. The lowest BCUT2D eigenvalue weighted by Gasteiger charge is -2.42. The number of nitrogens with two attached hydrogens (primary N) is 2. The topological polar surface area (TPSA) is 125 Å². The van der Waals surface area contributed by atoms with Gasteiger partial charge in [-0.1, -0.05) is 32.6 Å². The largest absolute Gasteiger partial charge is 0.462 e. The minimum absolute atomic E-state index is 0.129. The zero-order valence-electron chi connectivity index (χ0n) is 24.9. The number of esters is 2. The highest BCUT2D eigenvalue weighted by Gasteiger charge is 2.40. The summed E-state index contributed by atoms with van der Waals surface area (Å²) in [5.74, 6) is 0.588. The van der Waals surface area contributed by atoms with Gasteiger partial charge in [0.05, 0.1) is 24.9 Å². The first kappa shape index (κ1) is 32.3. The third-order valence-corrected chi connectivity index (χ3v) is 9.24. The van der Waals surface area contributed by atoms with Gasteiger partial charge in [-0.05, 0) is 82.0 Å². The molecular weight excluding hydrogens is 496 g/mol. The number of carbonyl (C=O) groups excluding carboxylic acids is 2. The lowest BCUT2D eigenvalue weighted by Crippen LogP contribution is -2.94. The van der Waals surface area contributed by atoms with Crippen LogP contribution in [0.5, 0.6) is 0 Å². The summed E-state index contributed by atoms with van der Waals surface area (Å²) in [6.07, 6.45) is 15.1. The summed E-state index contributed by atoms with van der Waals surface area (Å²) in [5, 5.41) is 13.6. The highest BCUT2D eigenvalue weighted by atomic mass is 16.6. The summed E-state index contributed by atoms with van der Waals surface area (Å²) in [7, 11) is 0. The number of ether oxygens (including phenoxy) is 3. The van der Waals surface area contributed by atoms with Crippen molar-refractivity contribution in [2.24, 2.45) is 23.5 Å². The van der Waals surface area contributed by atoms with Crippen molar-refractivity contribution in [1.82, 2.24) is 0 Å². The van der Waals surface area contributed by atoms with Gasteiger partial charge in [0.2, 0.25) is 0 Å². The fourth-order valence-corrected chi connectivity index (χ4v) is 7.36. The van der Waals surface area contributed by atoms with E-state index in [2.05, 4.69) is 12.2 Å². The Bertz CT molecular complexity index is 730. The maximum absolute atomic E-state index is 12.0. The molecule has 0 aromatic rings. The normalized spacial score (nSPS) is 31.5. The molecule has 2 saturated carbocycles. The molecule has 1 aliphatic heterocycles. The smallest absolute Gasteiger partial charge is 0.302 e. The second-order valence-corrected chi connectivity index (χ2v) is 12.8.